The van der Waals surface area contributed by atoms with E-state index in [9.17, 15) is 0 Å². The van der Waals surface area contributed by atoms with E-state index < -0.39 is 0 Å². The predicted molar refractivity (Wildman–Crippen MR) is 108 cm³/mol. The van der Waals surface area contributed by atoms with Gasteiger partial charge in [-0.25, -0.2) is 9.97 Å². The molecule has 0 N–H and O–H groups in total. The third-order valence-corrected chi connectivity index (χ3v) is 4.78. The van der Waals surface area contributed by atoms with Gasteiger partial charge in [0.2, 0.25) is 0 Å². The maximum atomic E-state index is 6.22. The molecule has 0 atom stereocenters. The number of fused-ring (bicyclic) bond motifs is 2. The van der Waals surface area contributed by atoms with Crippen molar-refractivity contribution in [2.24, 2.45) is 0 Å². The molecule has 1 heterocycles. The van der Waals surface area contributed by atoms with Crippen LogP contribution in [0.3, 0.4) is 0 Å². The number of halogens is 1. The lowest BCUT2D eigenvalue weighted by Gasteiger charge is -2.16. The van der Waals surface area contributed by atoms with Crippen LogP contribution in [0.5, 0.6) is 5.75 Å². The standard InChI is InChI=1S/C22H19ClN2O/c1-13(2)22-24-18-12-15(23)9-10-17(18)21(25-22)20-16-7-5-4-6-14(16)8-11-19(20)26-3/h4-13H,1-3H3. The van der Waals surface area contributed by atoms with Crippen LogP contribution in [0, 0.1) is 0 Å². The Bertz CT molecular complexity index is 1120. The first-order valence-electron chi connectivity index (χ1n) is 8.62. The highest BCUT2D eigenvalue weighted by atomic mass is 35.5. The van der Waals surface area contributed by atoms with Gasteiger partial charge in [-0.2, -0.15) is 0 Å². The summed E-state index contributed by atoms with van der Waals surface area (Å²) < 4.78 is 5.69. The van der Waals surface area contributed by atoms with Gasteiger partial charge in [-0.15, -0.1) is 0 Å². The van der Waals surface area contributed by atoms with Crippen molar-refractivity contribution in [3.63, 3.8) is 0 Å². The van der Waals surface area contributed by atoms with Gasteiger partial charge in [-0.1, -0.05) is 55.8 Å². The van der Waals surface area contributed by atoms with Crippen molar-refractivity contribution in [2.45, 2.75) is 19.8 Å². The summed E-state index contributed by atoms with van der Waals surface area (Å²) >= 11 is 6.22. The number of benzene rings is 3. The third-order valence-electron chi connectivity index (χ3n) is 4.54. The van der Waals surface area contributed by atoms with Crippen molar-refractivity contribution < 1.29 is 4.74 Å². The van der Waals surface area contributed by atoms with Gasteiger partial charge >= 0.3 is 0 Å². The van der Waals surface area contributed by atoms with Crippen LogP contribution in [0.2, 0.25) is 5.02 Å². The van der Waals surface area contributed by atoms with Crippen molar-refractivity contribution in [1.29, 1.82) is 0 Å². The van der Waals surface area contributed by atoms with E-state index >= 15 is 0 Å². The van der Waals surface area contributed by atoms with Crippen LogP contribution in [0.15, 0.2) is 54.6 Å². The highest BCUT2D eigenvalue weighted by Crippen LogP contribution is 2.39. The second-order valence-electron chi connectivity index (χ2n) is 6.61. The molecule has 0 amide bonds. The summed E-state index contributed by atoms with van der Waals surface area (Å²) in [4.78, 5) is 9.65. The SMILES string of the molecule is COc1ccc2ccccc2c1-c1nc(C(C)C)nc2cc(Cl)ccc12. The number of methoxy groups -OCH3 is 1. The lowest BCUT2D eigenvalue weighted by Crippen LogP contribution is -2.02. The number of ether oxygens (including phenoxy) is 1. The van der Waals surface area contributed by atoms with Crippen molar-refractivity contribution in [3.8, 4) is 17.0 Å². The molecule has 26 heavy (non-hydrogen) atoms. The number of aromatic nitrogens is 2. The lowest BCUT2D eigenvalue weighted by molar-refractivity contribution is 0.417. The van der Waals surface area contributed by atoms with Crippen LogP contribution in [0.1, 0.15) is 25.6 Å². The number of hydrogen-bond acceptors (Lipinski definition) is 3. The quantitative estimate of drug-likeness (QED) is 0.433. The number of rotatable bonds is 3. The van der Waals surface area contributed by atoms with Crippen LogP contribution < -0.4 is 4.74 Å². The molecule has 1 aromatic heterocycles. The molecule has 3 aromatic carbocycles. The topological polar surface area (TPSA) is 35.0 Å². The molecule has 0 saturated heterocycles. The molecule has 0 radical (unpaired) electrons. The van der Waals surface area contributed by atoms with Crippen LogP contribution in [0.25, 0.3) is 32.9 Å². The third kappa shape index (κ3) is 2.78. The Balaban J connectivity index is 2.16. The zero-order valence-electron chi connectivity index (χ0n) is 15.0. The van der Waals surface area contributed by atoms with Crippen molar-refractivity contribution >= 4 is 33.3 Å². The second kappa shape index (κ2) is 6.58. The second-order valence-corrected chi connectivity index (χ2v) is 7.05. The first kappa shape index (κ1) is 16.8. The Morgan fingerprint density at radius 1 is 0.923 bits per heavy atom. The summed E-state index contributed by atoms with van der Waals surface area (Å²) in [7, 11) is 1.69. The van der Waals surface area contributed by atoms with E-state index in [0.717, 1.165) is 44.5 Å². The molecule has 4 aromatic rings. The molecule has 0 unspecified atom stereocenters. The number of hydrogen-bond donors (Lipinski definition) is 0. The van der Waals surface area contributed by atoms with Crippen LogP contribution in [0.4, 0.5) is 0 Å². The normalized spacial score (nSPS) is 11.4. The Kier molecular flexibility index (Phi) is 4.25. The summed E-state index contributed by atoms with van der Waals surface area (Å²) in [6, 6.07) is 18.1. The summed E-state index contributed by atoms with van der Waals surface area (Å²) in [5, 5.41) is 3.89. The van der Waals surface area contributed by atoms with E-state index in [1.54, 1.807) is 7.11 Å². The molecule has 0 spiro atoms. The molecule has 0 saturated carbocycles. The fourth-order valence-electron chi connectivity index (χ4n) is 3.24. The van der Waals surface area contributed by atoms with Gasteiger partial charge in [0.05, 0.1) is 23.9 Å². The summed E-state index contributed by atoms with van der Waals surface area (Å²) in [6.45, 7) is 4.19. The van der Waals surface area contributed by atoms with Gasteiger partial charge < -0.3 is 4.74 Å². The van der Waals surface area contributed by atoms with Crippen LogP contribution in [-0.2, 0) is 0 Å². The molecule has 4 heteroatoms. The molecule has 0 aliphatic carbocycles. The molecular formula is C22H19ClN2O. The molecule has 130 valence electrons. The van der Waals surface area contributed by atoms with Gasteiger partial charge in [0, 0.05) is 16.3 Å². The van der Waals surface area contributed by atoms with Crippen molar-refractivity contribution in [2.75, 3.05) is 7.11 Å². The first-order valence-corrected chi connectivity index (χ1v) is 8.99. The Hall–Kier alpha value is -2.65. The Labute approximate surface area is 157 Å². The monoisotopic (exact) mass is 362 g/mol. The zero-order chi connectivity index (χ0) is 18.3. The molecule has 4 rings (SSSR count). The maximum absolute atomic E-state index is 6.22. The molecule has 0 aliphatic rings. The largest absolute Gasteiger partial charge is 0.496 e. The molecular weight excluding hydrogens is 344 g/mol. The van der Waals surface area contributed by atoms with Crippen molar-refractivity contribution in [3.05, 3.63) is 65.4 Å². The van der Waals surface area contributed by atoms with E-state index in [2.05, 4.69) is 32.0 Å². The van der Waals surface area contributed by atoms with Gasteiger partial charge in [0.25, 0.3) is 0 Å². The van der Waals surface area contributed by atoms with Gasteiger partial charge in [0.15, 0.2) is 0 Å². The fraction of sp³-hybridized carbons (Fsp3) is 0.182. The van der Waals surface area contributed by atoms with Gasteiger partial charge in [-0.3, -0.25) is 0 Å². The summed E-state index contributed by atoms with van der Waals surface area (Å²) in [5.41, 5.74) is 2.72. The molecule has 0 bridgehead atoms. The van der Waals surface area contributed by atoms with E-state index in [0.29, 0.717) is 5.02 Å². The lowest BCUT2D eigenvalue weighted by atomic mass is 9.98. The van der Waals surface area contributed by atoms with E-state index in [1.807, 2.05) is 36.4 Å². The molecule has 3 nitrogen and oxygen atoms in total. The summed E-state index contributed by atoms with van der Waals surface area (Å²) in [5.74, 6) is 1.80. The smallest absolute Gasteiger partial charge is 0.132 e. The maximum Gasteiger partial charge on any atom is 0.132 e. The van der Waals surface area contributed by atoms with E-state index in [4.69, 9.17) is 26.3 Å². The first-order chi connectivity index (χ1) is 12.6. The van der Waals surface area contributed by atoms with Crippen molar-refractivity contribution in [1.82, 2.24) is 9.97 Å². The average molecular weight is 363 g/mol. The fourth-order valence-corrected chi connectivity index (χ4v) is 3.40. The predicted octanol–water partition coefficient (Wildman–Crippen LogP) is 6.24. The zero-order valence-corrected chi connectivity index (χ0v) is 15.7. The minimum Gasteiger partial charge on any atom is -0.496 e. The molecule has 0 fully saturated rings. The Morgan fingerprint density at radius 2 is 1.73 bits per heavy atom. The van der Waals surface area contributed by atoms with Crippen LogP contribution >= 0.6 is 11.6 Å². The van der Waals surface area contributed by atoms with Gasteiger partial charge in [0.1, 0.15) is 11.6 Å². The summed E-state index contributed by atoms with van der Waals surface area (Å²) in [6.07, 6.45) is 0. The van der Waals surface area contributed by atoms with E-state index in [-0.39, 0.29) is 5.92 Å². The minimum atomic E-state index is 0.207. The van der Waals surface area contributed by atoms with Crippen LogP contribution in [-0.4, -0.2) is 17.1 Å². The highest BCUT2D eigenvalue weighted by molar-refractivity contribution is 6.31. The minimum absolute atomic E-state index is 0.207. The van der Waals surface area contributed by atoms with E-state index in [1.165, 1.54) is 0 Å². The average Bonchev–Trinajstić information content (AvgIpc) is 2.65. The number of nitrogens with zero attached hydrogens (tertiary/aromatic N) is 2. The Morgan fingerprint density at radius 3 is 2.50 bits per heavy atom. The van der Waals surface area contributed by atoms with Gasteiger partial charge in [-0.05, 0) is 35.0 Å². The molecule has 0 aliphatic heterocycles. The highest BCUT2D eigenvalue weighted by Gasteiger charge is 2.18.